The Morgan fingerprint density at radius 3 is 2.79 bits per heavy atom. The van der Waals surface area contributed by atoms with Crippen LogP contribution in [0.3, 0.4) is 0 Å². The first-order chi connectivity index (χ1) is 11.4. The van der Waals surface area contributed by atoms with Gasteiger partial charge in [-0.2, -0.15) is 0 Å². The number of aromatic nitrogens is 1. The van der Waals surface area contributed by atoms with E-state index in [1.165, 1.54) is 29.6 Å². The molecule has 24 heavy (non-hydrogen) atoms. The van der Waals surface area contributed by atoms with Crippen molar-refractivity contribution in [3.8, 4) is 0 Å². The van der Waals surface area contributed by atoms with Crippen molar-refractivity contribution in [3.63, 3.8) is 0 Å². The summed E-state index contributed by atoms with van der Waals surface area (Å²) in [5, 5.41) is 14.6. The van der Waals surface area contributed by atoms with E-state index in [0.717, 1.165) is 16.0 Å². The number of anilines is 1. The monoisotopic (exact) mass is 399 g/mol. The summed E-state index contributed by atoms with van der Waals surface area (Å²) in [6.07, 6.45) is 2.79. The van der Waals surface area contributed by atoms with Crippen LogP contribution in [0, 0.1) is 10.1 Å². The Balaban J connectivity index is 1.73. The van der Waals surface area contributed by atoms with Crippen LogP contribution in [0.1, 0.15) is 4.88 Å². The lowest BCUT2D eigenvalue weighted by Crippen LogP contribution is -2.06. The molecule has 122 valence electrons. The maximum atomic E-state index is 11.9. The van der Waals surface area contributed by atoms with Gasteiger partial charge in [0.15, 0.2) is 5.13 Å². The SMILES string of the molecule is O=C(/C=C/c1ccc([N+](=O)[O-])s1)Nc1nc2c(Cl)cc(Cl)cc2s1. The number of carbonyl (C=O) groups excluding carboxylic acids is 1. The first-order valence-corrected chi connectivity index (χ1v) is 8.80. The molecule has 0 aliphatic heterocycles. The average molecular weight is 400 g/mol. The molecule has 0 bridgehead atoms. The molecule has 0 fully saturated rings. The Morgan fingerprint density at radius 1 is 1.29 bits per heavy atom. The number of nitro groups is 1. The standard InChI is InChI=1S/C14H7Cl2N3O3S2/c15-7-5-9(16)13-10(6-7)24-14(18-13)17-11(20)3-1-8-2-4-12(23-8)19(21)22/h1-6H,(H,17,18,20)/b3-1+. The molecular formula is C14H7Cl2N3O3S2. The third-order valence-corrected chi connectivity index (χ3v) is 5.26. The highest BCUT2D eigenvalue weighted by Crippen LogP contribution is 2.33. The van der Waals surface area contributed by atoms with Gasteiger partial charge >= 0.3 is 5.00 Å². The highest BCUT2D eigenvalue weighted by Gasteiger charge is 2.11. The highest BCUT2D eigenvalue weighted by molar-refractivity contribution is 7.22. The Labute approximate surface area is 153 Å². The van der Waals surface area contributed by atoms with Crippen molar-refractivity contribution < 1.29 is 9.72 Å². The minimum absolute atomic E-state index is 0.0211. The molecule has 0 saturated heterocycles. The molecule has 3 aromatic rings. The van der Waals surface area contributed by atoms with Crippen LogP contribution in [-0.4, -0.2) is 15.8 Å². The zero-order valence-electron chi connectivity index (χ0n) is 11.7. The molecule has 0 saturated carbocycles. The number of benzene rings is 1. The topological polar surface area (TPSA) is 85.1 Å². The number of nitrogens with zero attached hydrogens (tertiary/aromatic N) is 2. The van der Waals surface area contributed by atoms with Gasteiger partial charge in [-0.05, 0) is 24.3 Å². The molecule has 6 nitrogen and oxygen atoms in total. The fourth-order valence-corrected chi connectivity index (χ4v) is 4.16. The number of nitrogens with one attached hydrogen (secondary N) is 1. The molecule has 0 unspecified atom stereocenters. The Morgan fingerprint density at radius 2 is 2.08 bits per heavy atom. The second-order valence-corrected chi connectivity index (χ2v) is 7.48. The minimum atomic E-state index is -0.474. The summed E-state index contributed by atoms with van der Waals surface area (Å²) >= 11 is 14.2. The maximum Gasteiger partial charge on any atom is 0.324 e. The summed E-state index contributed by atoms with van der Waals surface area (Å²) in [5.41, 5.74) is 0.569. The Hall–Kier alpha value is -2.00. The number of rotatable bonds is 4. The summed E-state index contributed by atoms with van der Waals surface area (Å²) in [6.45, 7) is 0. The van der Waals surface area contributed by atoms with Crippen molar-refractivity contribution in [1.29, 1.82) is 0 Å². The molecule has 0 atom stereocenters. The minimum Gasteiger partial charge on any atom is -0.298 e. The predicted molar refractivity (Wildman–Crippen MR) is 98.3 cm³/mol. The van der Waals surface area contributed by atoms with Crippen LogP contribution in [0.2, 0.25) is 10.0 Å². The molecule has 0 radical (unpaired) electrons. The first-order valence-electron chi connectivity index (χ1n) is 6.41. The summed E-state index contributed by atoms with van der Waals surface area (Å²) in [6, 6.07) is 6.27. The third kappa shape index (κ3) is 3.73. The van der Waals surface area contributed by atoms with E-state index in [-0.39, 0.29) is 5.00 Å². The Kier molecular flexibility index (Phi) is 4.81. The zero-order valence-corrected chi connectivity index (χ0v) is 14.8. The smallest absolute Gasteiger partial charge is 0.298 e. The van der Waals surface area contributed by atoms with Gasteiger partial charge in [0.2, 0.25) is 5.91 Å². The van der Waals surface area contributed by atoms with E-state index in [1.807, 2.05) is 0 Å². The summed E-state index contributed by atoms with van der Waals surface area (Å²) in [4.78, 5) is 26.9. The first kappa shape index (κ1) is 16.8. The van der Waals surface area contributed by atoms with Gasteiger partial charge in [-0.15, -0.1) is 0 Å². The fourth-order valence-electron chi connectivity index (χ4n) is 1.85. The third-order valence-electron chi connectivity index (χ3n) is 2.83. The second-order valence-electron chi connectivity index (χ2n) is 4.51. The van der Waals surface area contributed by atoms with Crippen molar-refractivity contribution in [2.24, 2.45) is 0 Å². The normalized spacial score (nSPS) is 11.2. The van der Waals surface area contributed by atoms with E-state index in [2.05, 4.69) is 10.3 Å². The number of amides is 1. The lowest BCUT2D eigenvalue weighted by atomic mass is 10.3. The summed E-state index contributed by atoms with van der Waals surface area (Å²) in [5.74, 6) is -0.396. The molecule has 2 heterocycles. The van der Waals surface area contributed by atoms with E-state index in [1.54, 1.807) is 18.2 Å². The van der Waals surface area contributed by atoms with Crippen LogP contribution in [0.15, 0.2) is 30.3 Å². The second kappa shape index (κ2) is 6.86. The predicted octanol–water partition coefficient (Wildman–Crippen LogP) is 5.22. The van der Waals surface area contributed by atoms with E-state index in [0.29, 0.717) is 25.6 Å². The van der Waals surface area contributed by atoms with Gasteiger partial charge < -0.3 is 0 Å². The van der Waals surface area contributed by atoms with Crippen LogP contribution in [-0.2, 0) is 4.79 Å². The van der Waals surface area contributed by atoms with Crippen LogP contribution in [0.4, 0.5) is 10.1 Å². The fraction of sp³-hybridized carbons (Fsp3) is 0. The van der Waals surface area contributed by atoms with E-state index >= 15 is 0 Å². The molecule has 1 amide bonds. The van der Waals surface area contributed by atoms with Crippen LogP contribution < -0.4 is 5.32 Å². The van der Waals surface area contributed by atoms with Gasteiger partial charge in [0.05, 0.1) is 14.6 Å². The van der Waals surface area contributed by atoms with E-state index < -0.39 is 10.8 Å². The van der Waals surface area contributed by atoms with Crippen molar-refractivity contribution in [3.05, 3.63) is 55.4 Å². The largest absolute Gasteiger partial charge is 0.324 e. The maximum absolute atomic E-state index is 11.9. The van der Waals surface area contributed by atoms with Crippen molar-refractivity contribution in [2.45, 2.75) is 0 Å². The van der Waals surface area contributed by atoms with Gasteiger partial charge in [0, 0.05) is 22.0 Å². The zero-order chi connectivity index (χ0) is 17.3. The number of carbonyl (C=O) groups is 1. The number of fused-ring (bicyclic) bond motifs is 1. The van der Waals surface area contributed by atoms with E-state index in [4.69, 9.17) is 23.2 Å². The average Bonchev–Trinajstić information content (AvgIpc) is 3.11. The van der Waals surface area contributed by atoms with Crippen LogP contribution in [0.25, 0.3) is 16.3 Å². The lowest BCUT2D eigenvalue weighted by Gasteiger charge is -1.94. The van der Waals surface area contributed by atoms with E-state index in [9.17, 15) is 14.9 Å². The van der Waals surface area contributed by atoms with Crippen molar-refractivity contribution in [2.75, 3.05) is 5.32 Å². The molecule has 1 aromatic carbocycles. The lowest BCUT2D eigenvalue weighted by molar-refractivity contribution is -0.380. The van der Waals surface area contributed by atoms with Gasteiger partial charge in [-0.3, -0.25) is 20.2 Å². The molecule has 0 spiro atoms. The number of hydrogen-bond donors (Lipinski definition) is 1. The molecule has 1 N–H and O–H groups in total. The van der Waals surface area contributed by atoms with Crippen molar-refractivity contribution in [1.82, 2.24) is 4.98 Å². The number of thiazole rings is 1. The van der Waals surface area contributed by atoms with Crippen molar-refractivity contribution >= 4 is 78.2 Å². The molecule has 0 aliphatic carbocycles. The quantitative estimate of drug-likeness (QED) is 0.369. The summed E-state index contributed by atoms with van der Waals surface area (Å²) < 4.78 is 0.765. The molecule has 3 rings (SSSR count). The highest BCUT2D eigenvalue weighted by atomic mass is 35.5. The van der Waals surface area contributed by atoms with Gasteiger partial charge in [-0.25, -0.2) is 4.98 Å². The van der Waals surface area contributed by atoms with Crippen LogP contribution >= 0.6 is 45.9 Å². The molecule has 10 heteroatoms. The summed E-state index contributed by atoms with van der Waals surface area (Å²) in [7, 11) is 0. The van der Waals surface area contributed by atoms with Gasteiger partial charge in [0.25, 0.3) is 0 Å². The van der Waals surface area contributed by atoms with Crippen LogP contribution in [0.5, 0.6) is 0 Å². The number of thiophene rings is 1. The Bertz CT molecular complexity index is 981. The molecule has 0 aliphatic rings. The molecular weight excluding hydrogens is 393 g/mol. The number of halogens is 2. The van der Waals surface area contributed by atoms with Gasteiger partial charge in [0.1, 0.15) is 5.52 Å². The molecule has 2 aromatic heterocycles. The number of hydrogen-bond acceptors (Lipinski definition) is 6. The van der Waals surface area contributed by atoms with Gasteiger partial charge in [-0.1, -0.05) is 45.9 Å².